The Morgan fingerprint density at radius 1 is 1.43 bits per heavy atom. The molecule has 0 aromatic carbocycles. The summed E-state index contributed by atoms with van der Waals surface area (Å²) < 4.78 is 0. The molecule has 1 saturated heterocycles. The standard InChI is InChI=1S/C16H25ClN4O.ClH/c1-4-9-21(12-5-7-18-8-6-12)16(22)14-13(17)10-19-15(20-14)11(2)3;/h10-12,18H,4-9H2,1-3H3;1H. The van der Waals surface area contributed by atoms with E-state index in [1.54, 1.807) is 6.20 Å². The molecular weight excluding hydrogens is 335 g/mol. The summed E-state index contributed by atoms with van der Waals surface area (Å²) in [6, 6.07) is 0.266. The highest BCUT2D eigenvalue weighted by atomic mass is 35.5. The van der Waals surface area contributed by atoms with Gasteiger partial charge in [-0.3, -0.25) is 4.79 Å². The van der Waals surface area contributed by atoms with Gasteiger partial charge in [0, 0.05) is 18.5 Å². The topological polar surface area (TPSA) is 58.1 Å². The van der Waals surface area contributed by atoms with Crippen LogP contribution in [0, 0.1) is 0 Å². The van der Waals surface area contributed by atoms with E-state index >= 15 is 0 Å². The van der Waals surface area contributed by atoms with Crippen LogP contribution in [0.2, 0.25) is 5.02 Å². The Morgan fingerprint density at radius 2 is 2.09 bits per heavy atom. The molecule has 0 aliphatic carbocycles. The Balaban J connectivity index is 0.00000264. The fourth-order valence-corrected chi connectivity index (χ4v) is 2.93. The van der Waals surface area contributed by atoms with Crippen LogP contribution in [0.15, 0.2) is 6.20 Å². The number of nitrogens with one attached hydrogen (secondary N) is 1. The summed E-state index contributed by atoms with van der Waals surface area (Å²) in [5, 5.41) is 3.67. The van der Waals surface area contributed by atoms with Gasteiger partial charge in [-0.05, 0) is 32.4 Å². The third-order valence-electron chi connectivity index (χ3n) is 3.96. The summed E-state index contributed by atoms with van der Waals surface area (Å²) in [6.45, 7) is 8.74. The summed E-state index contributed by atoms with van der Waals surface area (Å²) in [7, 11) is 0. The maximum absolute atomic E-state index is 13.0. The van der Waals surface area contributed by atoms with Crippen molar-refractivity contribution >= 4 is 29.9 Å². The Kier molecular flexibility index (Phi) is 8.23. The van der Waals surface area contributed by atoms with E-state index < -0.39 is 0 Å². The Morgan fingerprint density at radius 3 is 2.65 bits per heavy atom. The van der Waals surface area contributed by atoms with Crippen LogP contribution in [0.1, 0.15) is 62.3 Å². The summed E-state index contributed by atoms with van der Waals surface area (Å²) in [6.07, 6.45) is 4.43. The smallest absolute Gasteiger partial charge is 0.274 e. The number of amides is 1. The van der Waals surface area contributed by atoms with Gasteiger partial charge >= 0.3 is 0 Å². The van der Waals surface area contributed by atoms with Crippen LogP contribution in [-0.2, 0) is 0 Å². The van der Waals surface area contributed by atoms with Gasteiger partial charge in [0.05, 0.1) is 11.2 Å². The molecule has 1 fully saturated rings. The number of hydrogen-bond acceptors (Lipinski definition) is 4. The van der Waals surface area contributed by atoms with E-state index in [4.69, 9.17) is 11.6 Å². The molecule has 1 N–H and O–H groups in total. The van der Waals surface area contributed by atoms with Crippen LogP contribution in [-0.4, -0.2) is 46.5 Å². The monoisotopic (exact) mass is 360 g/mol. The van der Waals surface area contributed by atoms with E-state index in [1.807, 2.05) is 18.7 Å². The second-order valence-corrected chi connectivity index (χ2v) is 6.47. The van der Waals surface area contributed by atoms with Gasteiger partial charge in [-0.1, -0.05) is 32.4 Å². The highest BCUT2D eigenvalue weighted by Crippen LogP contribution is 2.21. The molecule has 7 heteroatoms. The number of aromatic nitrogens is 2. The van der Waals surface area contributed by atoms with Crippen molar-refractivity contribution in [3.63, 3.8) is 0 Å². The van der Waals surface area contributed by atoms with E-state index in [2.05, 4.69) is 22.2 Å². The highest BCUT2D eigenvalue weighted by Gasteiger charge is 2.28. The average molecular weight is 361 g/mol. The molecule has 2 heterocycles. The van der Waals surface area contributed by atoms with Gasteiger partial charge in [-0.2, -0.15) is 0 Å². The number of carbonyl (C=O) groups is 1. The van der Waals surface area contributed by atoms with Crippen molar-refractivity contribution in [1.82, 2.24) is 20.2 Å². The number of carbonyl (C=O) groups excluding carboxylic acids is 1. The van der Waals surface area contributed by atoms with E-state index in [0.717, 1.165) is 38.9 Å². The SMILES string of the molecule is CCCN(C(=O)c1nc(C(C)C)ncc1Cl)C1CCNCC1.Cl. The number of rotatable bonds is 5. The molecule has 5 nitrogen and oxygen atoms in total. The Bertz CT molecular complexity index is 519. The second kappa shape index (κ2) is 9.40. The van der Waals surface area contributed by atoms with Gasteiger partial charge < -0.3 is 10.2 Å². The summed E-state index contributed by atoms with van der Waals surface area (Å²) in [5.74, 6) is 0.764. The Labute approximate surface area is 149 Å². The molecule has 1 aromatic rings. The maximum atomic E-state index is 13.0. The summed E-state index contributed by atoms with van der Waals surface area (Å²) >= 11 is 6.19. The lowest BCUT2D eigenvalue weighted by Gasteiger charge is -2.34. The van der Waals surface area contributed by atoms with E-state index in [9.17, 15) is 4.79 Å². The van der Waals surface area contributed by atoms with Gasteiger partial charge in [0.2, 0.25) is 0 Å². The number of nitrogens with zero attached hydrogens (tertiary/aromatic N) is 3. The van der Waals surface area contributed by atoms with Crippen LogP contribution >= 0.6 is 24.0 Å². The molecule has 1 aliphatic rings. The second-order valence-electron chi connectivity index (χ2n) is 6.06. The van der Waals surface area contributed by atoms with Crippen molar-refractivity contribution in [2.45, 2.75) is 52.0 Å². The van der Waals surface area contributed by atoms with Gasteiger partial charge in [0.25, 0.3) is 5.91 Å². The van der Waals surface area contributed by atoms with E-state index in [0.29, 0.717) is 16.5 Å². The molecule has 0 spiro atoms. The highest BCUT2D eigenvalue weighted by molar-refractivity contribution is 6.33. The first-order valence-corrected chi connectivity index (χ1v) is 8.46. The third kappa shape index (κ3) is 5.03. The van der Waals surface area contributed by atoms with Crippen molar-refractivity contribution in [2.75, 3.05) is 19.6 Å². The van der Waals surface area contributed by atoms with Gasteiger partial charge in [0.1, 0.15) is 5.82 Å². The largest absolute Gasteiger partial charge is 0.334 e. The lowest BCUT2D eigenvalue weighted by molar-refractivity contribution is 0.0636. The lowest BCUT2D eigenvalue weighted by atomic mass is 10.0. The van der Waals surface area contributed by atoms with Crippen LogP contribution in [0.3, 0.4) is 0 Å². The average Bonchev–Trinajstić information content (AvgIpc) is 2.53. The van der Waals surface area contributed by atoms with Crippen LogP contribution in [0.4, 0.5) is 0 Å². The summed E-state index contributed by atoms with van der Waals surface area (Å²) in [4.78, 5) is 23.5. The molecule has 1 aromatic heterocycles. The van der Waals surface area contributed by atoms with Crippen molar-refractivity contribution < 1.29 is 4.79 Å². The predicted octanol–water partition coefficient (Wildman–Crippen LogP) is 3.28. The molecule has 0 unspecified atom stereocenters. The zero-order valence-electron chi connectivity index (χ0n) is 14.0. The number of hydrogen-bond donors (Lipinski definition) is 1. The van der Waals surface area contributed by atoms with Crippen molar-refractivity contribution in [3.8, 4) is 0 Å². The fraction of sp³-hybridized carbons (Fsp3) is 0.688. The molecule has 1 amide bonds. The first-order chi connectivity index (χ1) is 10.5. The molecule has 2 rings (SSSR count). The molecule has 0 atom stereocenters. The molecule has 23 heavy (non-hydrogen) atoms. The number of piperidine rings is 1. The molecule has 1 aliphatic heterocycles. The lowest BCUT2D eigenvalue weighted by Crippen LogP contribution is -2.46. The molecular formula is C16H26Cl2N4O. The van der Waals surface area contributed by atoms with Crippen molar-refractivity contribution in [3.05, 3.63) is 22.7 Å². The third-order valence-corrected chi connectivity index (χ3v) is 4.23. The minimum Gasteiger partial charge on any atom is -0.334 e. The maximum Gasteiger partial charge on any atom is 0.274 e. The molecule has 130 valence electrons. The zero-order chi connectivity index (χ0) is 16.1. The first-order valence-electron chi connectivity index (χ1n) is 8.08. The molecule has 0 bridgehead atoms. The van der Waals surface area contributed by atoms with Crippen molar-refractivity contribution in [2.24, 2.45) is 0 Å². The number of halogens is 2. The zero-order valence-corrected chi connectivity index (χ0v) is 15.6. The van der Waals surface area contributed by atoms with E-state index in [-0.39, 0.29) is 30.3 Å². The van der Waals surface area contributed by atoms with Gasteiger partial charge in [0.15, 0.2) is 5.69 Å². The van der Waals surface area contributed by atoms with Gasteiger partial charge in [-0.25, -0.2) is 9.97 Å². The van der Waals surface area contributed by atoms with E-state index in [1.165, 1.54) is 0 Å². The van der Waals surface area contributed by atoms with Gasteiger partial charge in [-0.15, -0.1) is 12.4 Å². The fourth-order valence-electron chi connectivity index (χ4n) is 2.75. The quantitative estimate of drug-likeness (QED) is 0.875. The Hall–Kier alpha value is -0.910. The minimum absolute atomic E-state index is 0. The van der Waals surface area contributed by atoms with Crippen molar-refractivity contribution in [1.29, 1.82) is 0 Å². The first kappa shape index (κ1) is 20.1. The normalized spacial score (nSPS) is 15.3. The van der Waals surface area contributed by atoms with Crippen LogP contribution < -0.4 is 5.32 Å². The minimum atomic E-state index is -0.0666. The molecule has 0 radical (unpaired) electrons. The van der Waals surface area contributed by atoms with Crippen LogP contribution in [0.5, 0.6) is 0 Å². The predicted molar refractivity (Wildman–Crippen MR) is 95.6 cm³/mol. The summed E-state index contributed by atoms with van der Waals surface area (Å²) in [5.41, 5.74) is 0.340. The molecule has 0 saturated carbocycles. The van der Waals surface area contributed by atoms with Crippen LogP contribution in [0.25, 0.3) is 0 Å².